The second-order valence-corrected chi connectivity index (χ2v) is 5.07. The van der Waals surface area contributed by atoms with Crippen LogP contribution in [0.5, 0.6) is 5.75 Å². The first-order valence-electron chi connectivity index (χ1n) is 4.90. The van der Waals surface area contributed by atoms with Crippen molar-refractivity contribution in [2.75, 3.05) is 7.11 Å². The third kappa shape index (κ3) is 1.93. The number of nitrogens with zero attached hydrogens (tertiary/aromatic N) is 1. The fourth-order valence-corrected chi connectivity index (χ4v) is 2.96. The number of thiazole rings is 1. The van der Waals surface area contributed by atoms with Crippen LogP contribution in [-0.2, 0) is 0 Å². The van der Waals surface area contributed by atoms with Gasteiger partial charge >= 0.3 is 0 Å². The molecule has 0 saturated heterocycles. The highest BCUT2D eigenvalue weighted by atomic mass is 35.5. The molecule has 1 heterocycles. The topological polar surface area (TPSA) is 22.1 Å². The lowest BCUT2D eigenvalue weighted by Gasteiger charge is -2.08. The minimum atomic E-state index is 0.700. The highest BCUT2D eigenvalue weighted by Crippen LogP contribution is 2.40. The molecule has 0 aliphatic heterocycles. The molecule has 84 valence electrons. The maximum absolute atomic E-state index is 6.22. The van der Waals surface area contributed by atoms with Gasteiger partial charge in [0.15, 0.2) is 0 Å². The van der Waals surface area contributed by atoms with E-state index in [1.54, 1.807) is 18.4 Å². The smallest absolute Gasteiger partial charge is 0.129 e. The third-order valence-corrected chi connectivity index (χ3v) is 3.73. The van der Waals surface area contributed by atoms with Gasteiger partial charge in [0.25, 0.3) is 0 Å². The van der Waals surface area contributed by atoms with Crippen molar-refractivity contribution < 1.29 is 4.74 Å². The highest BCUT2D eigenvalue weighted by molar-refractivity contribution is 7.15. The zero-order chi connectivity index (χ0) is 11.7. The molecule has 2 nitrogen and oxygen atoms in total. The maximum Gasteiger partial charge on any atom is 0.129 e. The van der Waals surface area contributed by atoms with Crippen LogP contribution in [0.2, 0.25) is 5.02 Å². The Bertz CT molecular complexity index is 522. The Labute approximate surface area is 104 Å². The van der Waals surface area contributed by atoms with Gasteiger partial charge in [-0.15, -0.1) is 11.3 Å². The minimum Gasteiger partial charge on any atom is -0.496 e. The van der Waals surface area contributed by atoms with Gasteiger partial charge in [0.2, 0.25) is 0 Å². The molecule has 16 heavy (non-hydrogen) atoms. The summed E-state index contributed by atoms with van der Waals surface area (Å²) in [7, 11) is 1.65. The van der Waals surface area contributed by atoms with E-state index in [-0.39, 0.29) is 0 Å². The van der Waals surface area contributed by atoms with Crippen molar-refractivity contribution >= 4 is 22.9 Å². The van der Waals surface area contributed by atoms with Crippen LogP contribution >= 0.6 is 22.9 Å². The third-order valence-electron chi connectivity index (χ3n) is 2.33. The summed E-state index contributed by atoms with van der Waals surface area (Å²) in [6.45, 7) is 3.98. The second kappa shape index (κ2) is 4.44. The molecule has 1 aromatic carbocycles. The molecule has 0 saturated carbocycles. The molecule has 1 aromatic heterocycles. The summed E-state index contributed by atoms with van der Waals surface area (Å²) in [6.07, 6.45) is 0. The van der Waals surface area contributed by atoms with Gasteiger partial charge in [-0.3, -0.25) is 0 Å². The van der Waals surface area contributed by atoms with Crippen LogP contribution in [0, 0.1) is 13.8 Å². The summed E-state index contributed by atoms with van der Waals surface area (Å²) >= 11 is 7.86. The van der Waals surface area contributed by atoms with Crippen LogP contribution in [0.1, 0.15) is 10.7 Å². The van der Waals surface area contributed by atoms with E-state index in [2.05, 4.69) is 4.98 Å². The van der Waals surface area contributed by atoms with Crippen molar-refractivity contribution in [3.05, 3.63) is 33.9 Å². The molecule has 0 bridgehead atoms. The van der Waals surface area contributed by atoms with Crippen molar-refractivity contribution in [1.82, 2.24) is 4.98 Å². The number of ether oxygens (including phenoxy) is 1. The van der Waals surface area contributed by atoms with E-state index < -0.39 is 0 Å². The van der Waals surface area contributed by atoms with E-state index >= 15 is 0 Å². The molecule has 0 fully saturated rings. The summed E-state index contributed by atoms with van der Waals surface area (Å²) in [5.41, 5.74) is 1.93. The maximum atomic E-state index is 6.22. The van der Waals surface area contributed by atoms with Gasteiger partial charge in [0.05, 0.1) is 33.3 Å². The van der Waals surface area contributed by atoms with Gasteiger partial charge in [-0.1, -0.05) is 17.7 Å². The van der Waals surface area contributed by atoms with Crippen molar-refractivity contribution in [1.29, 1.82) is 0 Å². The van der Waals surface area contributed by atoms with Crippen LogP contribution in [0.15, 0.2) is 18.2 Å². The van der Waals surface area contributed by atoms with Crippen molar-refractivity contribution in [3.63, 3.8) is 0 Å². The van der Waals surface area contributed by atoms with Crippen LogP contribution < -0.4 is 4.74 Å². The number of halogens is 1. The van der Waals surface area contributed by atoms with Crippen molar-refractivity contribution in [3.8, 4) is 16.2 Å². The molecule has 0 radical (unpaired) electrons. The van der Waals surface area contributed by atoms with Gasteiger partial charge in [-0.25, -0.2) is 4.98 Å². The Kier molecular flexibility index (Phi) is 3.17. The van der Waals surface area contributed by atoms with Crippen LogP contribution in [0.25, 0.3) is 10.4 Å². The number of aromatic nitrogens is 1. The quantitative estimate of drug-likeness (QED) is 0.804. The molecule has 0 unspecified atom stereocenters. The molecular weight excluding hydrogens is 242 g/mol. The zero-order valence-electron chi connectivity index (χ0n) is 9.37. The predicted molar refractivity (Wildman–Crippen MR) is 68.6 cm³/mol. The van der Waals surface area contributed by atoms with Gasteiger partial charge in [-0.05, 0) is 26.0 Å². The molecule has 0 atom stereocenters. The number of aryl methyl sites for hydroxylation is 2. The minimum absolute atomic E-state index is 0.700. The molecule has 0 amide bonds. The average Bonchev–Trinajstić information content (AvgIpc) is 2.57. The molecule has 4 heteroatoms. The Balaban J connectivity index is 2.67. The molecule has 0 spiro atoms. The lowest BCUT2D eigenvalue weighted by atomic mass is 10.1. The first-order chi connectivity index (χ1) is 7.63. The fourth-order valence-electron chi connectivity index (χ4n) is 1.66. The van der Waals surface area contributed by atoms with E-state index in [0.29, 0.717) is 5.02 Å². The van der Waals surface area contributed by atoms with Gasteiger partial charge in [0.1, 0.15) is 5.75 Å². The lowest BCUT2D eigenvalue weighted by molar-refractivity contribution is 0.416. The molecule has 0 N–H and O–H groups in total. The normalized spacial score (nSPS) is 10.5. The van der Waals surface area contributed by atoms with Crippen LogP contribution in [0.4, 0.5) is 0 Å². The Morgan fingerprint density at radius 1 is 1.31 bits per heavy atom. The van der Waals surface area contributed by atoms with E-state index in [9.17, 15) is 0 Å². The monoisotopic (exact) mass is 253 g/mol. The summed E-state index contributed by atoms with van der Waals surface area (Å²) < 4.78 is 5.34. The number of hydrogen-bond acceptors (Lipinski definition) is 3. The summed E-state index contributed by atoms with van der Waals surface area (Å²) in [5, 5.41) is 1.74. The average molecular weight is 254 g/mol. The van der Waals surface area contributed by atoms with Gasteiger partial charge in [-0.2, -0.15) is 0 Å². The van der Waals surface area contributed by atoms with Crippen molar-refractivity contribution in [2.24, 2.45) is 0 Å². The highest BCUT2D eigenvalue weighted by Gasteiger charge is 2.15. The van der Waals surface area contributed by atoms with E-state index in [4.69, 9.17) is 16.3 Å². The lowest BCUT2D eigenvalue weighted by Crippen LogP contribution is -1.88. The molecule has 2 rings (SSSR count). The summed E-state index contributed by atoms with van der Waals surface area (Å²) in [5.74, 6) is 0.791. The standard InChI is InChI=1S/C12H12ClNOS/c1-7-12(16-8(2)14-7)11-9(13)5-4-6-10(11)15-3/h4-6H,1-3H3. The molecular formula is C12H12ClNOS. The number of methoxy groups -OCH3 is 1. The predicted octanol–water partition coefficient (Wildman–Crippen LogP) is 4.09. The molecule has 0 aliphatic rings. The summed E-state index contributed by atoms with van der Waals surface area (Å²) in [4.78, 5) is 5.49. The van der Waals surface area contributed by atoms with E-state index in [0.717, 1.165) is 26.9 Å². The Morgan fingerprint density at radius 3 is 2.62 bits per heavy atom. The Morgan fingerprint density at radius 2 is 2.06 bits per heavy atom. The first kappa shape index (κ1) is 11.4. The van der Waals surface area contributed by atoms with Crippen molar-refractivity contribution in [2.45, 2.75) is 13.8 Å². The second-order valence-electron chi connectivity index (χ2n) is 3.46. The largest absolute Gasteiger partial charge is 0.496 e. The SMILES string of the molecule is COc1cccc(Cl)c1-c1sc(C)nc1C. The molecule has 0 aliphatic carbocycles. The van der Waals surface area contributed by atoms with Crippen LogP contribution in [-0.4, -0.2) is 12.1 Å². The number of rotatable bonds is 2. The fraction of sp³-hybridized carbons (Fsp3) is 0.250. The number of hydrogen-bond donors (Lipinski definition) is 0. The molecule has 2 aromatic rings. The van der Waals surface area contributed by atoms with E-state index in [1.807, 2.05) is 32.0 Å². The van der Waals surface area contributed by atoms with Gasteiger partial charge < -0.3 is 4.74 Å². The summed E-state index contributed by atoms with van der Waals surface area (Å²) in [6, 6.07) is 5.66. The Hall–Kier alpha value is -1.06. The van der Waals surface area contributed by atoms with Crippen LogP contribution in [0.3, 0.4) is 0 Å². The number of benzene rings is 1. The van der Waals surface area contributed by atoms with E-state index in [1.165, 1.54) is 0 Å². The first-order valence-corrected chi connectivity index (χ1v) is 6.10. The zero-order valence-corrected chi connectivity index (χ0v) is 10.9. The van der Waals surface area contributed by atoms with Gasteiger partial charge in [0, 0.05) is 0 Å².